The Bertz CT molecular complexity index is 1030. The maximum atomic E-state index is 12.2. The molecule has 0 aromatic heterocycles. The van der Waals surface area contributed by atoms with Gasteiger partial charge in [-0.2, -0.15) is 5.10 Å². The Balaban J connectivity index is 1.62. The second-order valence-corrected chi connectivity index (χ2v) is 8.78. The largest absolute Gasteiger partial charge is 0.497 e. The minimum absolute atomic E-state index is 0.304. The molecule has 0 aliphatic rings. The number of amides is 1. The first kappa shape index (κ1) is 22.5. The maximum absolute atomic E-state index is 12.2. The number of methoxy groups -OCH3 is 1. The van der Waals surface area contributed by atoms with E-state index >= 15 is 0 Å². The summed E-state index contributed by atoms with van der Waals surface area (Å²) < 4.78 is 13.6. The van der Waals surface area contributed by atoms with Crippen LogP contribution in [0, 0.1) is 0 Å². The Morgan fingerprint density at radius 1 is 1.00 bits per heavy atom. The van der Waals surface area contributed by atoms with Crippen molar-refractivity contribution in [2.24, 2.45) is 5.10 Å². The topological polar surface area (TPSA) is 59.9 Å². The molecule has 1 N–H and O–H groups in total. The first-order chi connectivity index (χ1) is 14.5. The molecule has 0 radical (unpaired) electrons. The van der Waals surface area contributed by atoms with Crippen LogP contribution in [0.25, 0.3) is 0 Å². The van der Waals surface area contributed by atoms with Gasteiger partial charge in [0, 0.05) is 10.0 Å². The van der Waals surface area contributed by atoms with E-state index in [0.29, 0.717) is 23.7 Å². The number of hydrogen-bond donors (Lipinski definition) is 1. The Morgan fingerprint density at radius 3 is 2.23 bits per heavy atom. The zero-order valence-corrected chi connectivity index (χ0v) is 20.6. The Labute approximate surface area is 199 Å². The normalized spacial score (nSPS) is 10.8. The lowest BCUT2D eigenvalue weighted by molar-refractivity contribution is 0.0955. The summed E-state index contributed by atoms with van der Waals surface area (Å²) in [6.07, 6.45) is 1.56. The van der Waals surface area contributed by atoms with Gasteiger partial charge in [-0.25, -0.2) is 5.43 Å². The summed E-state index contributed by atoms with van der Waals surface area (Å²) in [6.45, 7) is 0.440. The average Bonchev–Trinajstić information content (AvgIpc) is 2.74. The summed E-state index contributed by atoms with van der Waals surface area (Å²) in [5, 5.41) is 4.03. The van der Waals surface area contributed by atoms with Gasteiger partial charge in [-0.15, -0.1) is 0 Å². The quantitative estimate of drug-likeness (QED) is 0.256. The summed E-state index contributed by atoms with van der Waals surface area (Å²) in [7, 11) is 1.58. The third kappa shape index (κ3) is 6.17. The van der Waals surface area contributed by atoms with Crippen LogP contribution < -0.4 is 14.9 Å². The fourth-order valence-corrected chi connectivity index (χ4v) is 4.22. The summed E-state index contributed by atoms with van der Waals surface area (Å²) in [5.74, 6) is 1.08. The molecule has 0 bridgehead atoms. The lowest BCUT2D eigenvalue weighted by atomic mass is 10.2. The van der Waals surface area contributed by atoms with Crippen LogP contribution in [0.3, 0.4) is 0 Å². The van der Waals surface area contributed by atoms with E-state index in [4.69, 9.17) is 9.47 Å². The molecular formula is C22H17Br3N2O3. The van der Waals surface area contributed by atoms with E-state index in [2.05, 4.69) is 58.3 Å². The second-order valence-electron chi connectivity index (χ2n) is 6.16. The van der Waals surface area contributed by atoms with Gasteiger partial charge < -0.3 is 9.47 Å². The van der Waals surface area contributed by atoms with Gasteiger partial charge in [0.2, 0.25) is 0 Å². The number of hydrazone groups is 1. The lowest BCUT2D eigenvalue weighted by Gasteiger charge is -2.11. The molecule has 0 aliphatic carbocycles. The highest BCUT2D eigenvalue weighted by Gasteiger charge is 2.09. The number of rotatable bonds is 7. The fraction of sp³-hybridized carbons (Fsp3) is 0.0909. The number of nitrogens with zero attached hydrogens (tertiary/aromatic N) is 1. The molecule has 0 unspecified atom stereocenters. The summed E-state index contributed by atoms with van der Waals surface area (Å²) in [6, 6.07) is 18.5. The molecule has 0 atom stereocenters. The monoisotopic (exact) mass is 594 g/mol. The van der Waals surface area contributed by atoms with Gasteiger partial charge in [-0.05, 0) is 91.5 Å². The maximum Gasteiger partial charge on any atom is 0.271 e. The lowest BCUT2D eigenvalue weighted by Crippen LogP contribution is -2.17. The molecule has 3 aromatic rings. The van der Waals surface area contributed by atoms with Gasteiger partial charge in [-0.1, -0.05) is 28.1 Å². The van der Waals surface area contributed by atoms with Crippen molar-refractivity contribution in [3.05, 3.63) is 90.8 Å². The number of hydrogen-bond acceptors (Lipinski definition) is 4. The van der Waals surface area contributed by atoms with Crippen LogP contribution in [-0.4, -0.2) is 19.2 Å². The standard InChI is InChI=1S/C22H17Br3N2O3/c1-29-18-8-4-16(5-9-18)22(28)27-26-12-15-10-19(24)21(20(25)11-15)30-13-14-2-6-17(23)7-3-14/h2-12H,13H2,1H3,(H,27,28)/b26-12+. The minimum Gasteiger partial charge on any atom is -0.497 e. The molecule has 3 rings (SSSR count). The number of nitrogens with one attached hydrogen (secondary N) is 1. The molecule has 0 fully saturated rings. The smallest absolute Gasteiger partial charge is 0.271 e. The average molecular weight is 597 g/mol. The second kappa shape index (κ2) is 10.7. The molecule has 0 heterocycles. The molecule has 0 saturated heterocycles. The predicted octanol–water partition coefficient (Wildman–Crippen LogP) is 6.33. The SMILES string of the molecule is COc1ccc(C(=O)N/N=C/c2cc(Br)c(OCc3ccc(Br)cc3)c(Br)c2)cc1. The Morgan fingerprint density at radius 2 is 1.63 bits per heavy atom. The van der Waals surface area contributed by atoms with Gasteiger partial charge in [0.1, 0.15) is 18.1 Å². The highest BCUT2D eigenvalue weighted by atomic mass is 79.9. The third-order valence-corrected chi connectivity index (χ3v) is 5.76. The zero-order chi connectivity index (χ0) is 21.5. The van der Waals surface area contributed by atoms with E-state index in [1.54, 1.807) is 37.6 Å². The number of ether oxygens (including phenoxy) is 2. The zero-order valence-electron chi connectivity index (χ0n) is 15.9. The first-order valence-corrected chi connectivity index (χ1v) is 11.2. The highest BCUT2D eigenvalue weighted by Crippen LogP contribution is 2.35. The van der Waals surface area contributed by atoms with Gasteiger partial charge in [0.15, 0.2) is 0 Å². The van der Waals surface area contributed by atoms with E-state index in [9.17, 15) is 4.79 Å². The molecule has 3 aromatic carbocycles. The molecule has 0 saturated carbocycles. The van der Waals surface area contributed by atoms with Gasteiger partial charge in [0.05, 0.1) is 22.3 Å². The van der Waals surface area contributed by atoms with E-state index in [1.807, 2.05) is 36.4 Å². The van der Waals surface area contributed by atoms with Crippen molar-refractivity contribution < 1.29 is 14.3 Å². The third-order valence-electron chi connectivity index (χ3n) is 4.05. The molecule has 1 amide bonds. The van der Waals surface area contributed by atoms with Gasteiger partial charge in [-0.3, -0.25) is 4.79 Å². The molecule has 5 nitrogen and oxygen atoms in total. The molecule has 0 spiro atoms. The number of carbonyl (C=O) groups is 1. The number of benzene rings is 3. The van der Waals surface area contributed by atoms with Crippen molar-refractivity contribution in [3.8, 4) is 11.5 Å². The Hall–Kier alpha value is -2.16. The van der Waals surface area contributed by atoms with Crippen molar-refractivity contribution in [1.82, 2.24) is 5.43 Å². The van der Waals surface area contributed by atoms with Crippen molar-refractivity contribution in [2.75, 3.05) is 7.11 Å². The molecular weight excluding hydrogens is 580 g/mol. The van der Waals surface area contributed by atoms with Crippen molar-refractivity contribution in [3.63, 3.8) is 0 Å². The molecule has 154 valence electrons. The first-order valence-electron chi connectivity index (χ1n) is 8.80. The van der Waals surface area contributed by atoms with Crippen LogP contribution in [0.5, 0.6) is 11.5 Å². The van der Waals surface area contributed by atoms with Crippen molar-refractivity contribution >= 4 is 59.9 Å². The van der Waals surface area contributed by atoms with E-state index in [1.165, 1.54) is 0 Å². The van der Waals surface area contributed by atoms with Crippen LogP contribution in [0.2, 0.25) is 0 Å². The van der Waals surface area contributed by atoms with Crippen LogP contribution in [0.1, 0.15) is 21.5 Å². The summed E-state index contributed by atoms with van der Waals surface area (Å²) in [5.41, 5.74) is 4.86. The van der Waals surface area contributed by atoms with Crippen molar-refractivity contribution in [1.29, 1.82) is 0 Å². The summed E-state index contributed by atoms with van der Waals surface area (Å²) in [4.78, 5) is 12.2. The van der Waals surface area contributed by atoms with Gasteiger partial charge >= 0.3 is 0 Å². The predicted molar refractivity (Wildman–Crippen MR) is 128 cm³/mol. The fourth-order valence-electron chi connectivity index (χ4n) is 2.50. The van der Waals surface area contributed by atoms with E-state index in [0.717, 1.165) is 24.5 Å². The molecule has 8 heteroatoms. The minimum atomic E-state index is -0.304. The van der Waals surface area contributed by atoms with E-state index < -0.39 is 0 Å². The number of halogens is 3. The highest BCUT2D eigenvalue weighted by molar-refractivity contribution is 9.11. The van der Waals surface area contributed by atoms with Crippen LogP contribution in [0.4, 0.5) is 0 Å². The van der Waals surface area contributed by atoms with Crippen LogP contribution in [0.15, 0.2) is 79.2 Å². The number of carbonyl (C=O) groups excluding carboxylic acids is 1. The summed E-state index contributed by atoms with van der Waals surface area (Å²) >= 11 is 10.5. The molecule has 0 aliphatic heterocycles. The van der Waals surface area contributed by atoms with Crippen LogP contribution in [-0.2, 0) is 6.61 Å². The Kier molecular flexibility index (Phi) is 8.07. The van der Waals surface area contributed by atoms with Crippen molar-refractivity contribution in [2.45, 2.75) is 6.61 Å². The van der Waals surface area contributed by atoms with Gasteiger partial charge in [0.25, 0.3) is 5.91 Å². The molecule has 30 heavy (non-hydrogen) atoms. The van der Waals surface area contributed by atoms with Crippen LogP contribution >= 0.6 is 47.8 Å². The van der Waals surface area contributed by atoms with E-state index in [-0.39, 0.29) is 5.91 Å².